The molecule has 0 radical (unpaired) electrons. The first-order valence-electron chi connectivity index (χ1n) is 8.69. The summed E-state index contributed by atoms with van der Waals surface area (Å²) in [6.45, 7) is 7.47. The van der Waals surface area contributed by atoms with E-state index >= 15 is 0 Å². The van der Waals surface area contributed by atoms with Gasteiger partial charge in [-0.15, -0.1) is 0 Å². The quantitative estimate of drug-likeness (QED) is 0.844. The van der Waals surface area contributed by atoms with Crippen molar-refractivity contribution in [3.05, 3.63) is 45.0 Å². The van der Waals surface area contributed by atoms with Crippen molar-refractivity contribution < 1.29 is 9.59 Å². The fourth-order valence-electron chi connectivity index (χ4n) is 3.50. The van der Waals surface area contributed by atoms with Crippen molar-refractivity contribution in [2.75, 3.05) is 26.2 Å². The molecule has 9 heteroatoms. The van der Waals surface area contributed by atoms with E-state index in [-0.39, 0.29) is 33.3 Å². The van der Waals surface area contributed by atoms with Gasteiger partial charge in [-0.3, -0.25) is 19.7 Å². The Morgan fingerprint density at radius 2 is 1.63 bits per heavy atom. The van der Waals surface area contributed by atoms with Crippen molar-refractivity contribution in [3.63, 3.8) is 0 Å². The molecule has 1 aliphatic rings. The Balaban J connectivity index is 1.67. The summed E-state index contributed by atoms with van der Waals surface area (Å²) in [5.74, 6) is -0.487. The molecule has 1 atom stereocenters. The number of hydrogen-bond acceptors (Lipinski definition) is 4. The van der Waals surface area contributed by atoms with Crippen molar-refractivity contribution in [3.8, 4) is 0 Å². The summed E-state index contributed by atoms with van der Waals surface area (Å²) in [6.07, 6.45) is 2.80. The molecule has 0 aliphatic carbocycles. The number of carbonyl (C=O) groups is 2. The van der Waals surface area contributed by atoms with Gasteiger partial charge in [0.1, 0.15) is 0 Å². The first-order valence-corrected chi connectivity index (χ1v) is 9.45. The van der Waals surface area contributed by atoms with Crippen LogP contribution in [0.15, 0.2) is 12.4 Å². The number of amides is 2. The lowest BCUT2D eigenvalue weighted by atomic mass is 9.97. The zero-order chi connectivity index (χ0) is 19.7. The second kappa shape index (κ2) is 7.86. The highest BCUT2D eigenvalue weighted by atomic mass is 35.5. The molecule has 27 heavy (non-hydrogen) atoms. The summed E-state index contributed by atoms with van der Waals surface area (Å²) in [5, 5.41) is 7.55. The maximum Gasteiger partial charge on any atom is 0.257 e. The molecule has 2 aromatic heterocycles. The minimum absolute atomic E-state index is 0.0367. The van der Waals surface area contributed by atoms with E-state index in [0.717, 1.165) is 17.0 Å². The monoisotopic (exact) mass is 409 g/mol. The zero-order valence-electron chi connectivity index (χ0n) is 15.4. The van der Waals surface area contributed by atoms with Gasteiger partial charge < -0.3 is 9.80 Å². The van der Waals surface area contributed by atoms with Crippen molar-refractivity contribution in [1.82, 2.24) is 25.0 Å². The Kier molecular flexibility index (Phi) is 5.72. The van der Waals surface area contributed by atoms with Crippen LogP contribution >= 0.6 is 23.2 Å². The molecule has 3 heterocycles. The lowest BCUT2D eigenvalue weighted by Crippen LogP contribution is -2.51. The Bertz CT molecular complexity index is 835. The number of nitrogens with zero attached hydrogens (tertiary/aromatic N) is 4. The topological polar surface area (TPSA) is 82.2 Å². The van der Waals surface area contributed by atoms with Gasteiger partial charge in [0.05, 0.1) is 27.2 Å². The van der Waals surface area contributed by atoms with Gasteiger partial charge in [0.15, 0.2) is 0 Å². The summed E-state index contributed by atoms with van der Waals surface area (Å²) < 4.78 is 0. The van der Waals surface area contributed by atoms with Crippen molar-refractivity contribution in [2.45, 2.75) is 26.7 Å². The number of rotatable bonds is 3. The molecule has 144 valence electrons. The number of piperazine rings is 1. The zero-order valence-corrected chi connectivity index (χ0v) is 16.9. The van der Waals surface area contributed by atoms with Crippen molar-refractivity contribution in [1.29, 1.82) is 0 Å². The molecular formula is C18H21Cl2N5O2. The number of nitrogens with one attached hydrogen (secondary N) is 1. The lowest BCUT2D eigenvalue weighted by Gasteiger charge is -2.36. The molecular weight excluding hydrogens is 389 g/mol. The van der Waals surface area contributed by atoms with Crippen LogP contribution in [0.2, 0.25) is 10.0 Å². The highest BCUT2D eigenvalue weighted by Crippen LogP contribution is 2.26. The van der Waals surface area contributed by atoms with Gasteiger partial charge in [0, 0.05) is 49.8 Å². The molecule has 0 bridgehead atoms. The number of carbonyl (C=O) groups excluding carboxylic acids is 2. The van der Waals surface area contributed by atoms with Crippen molar-refractivity contribution >= 4 is 35.0 Å². The summed E-state index contributed by atoms with van der Waals surface area (Å²) in [6, 6.07) is 0. The van der Waals surface area contributed by atoms with Crippen LogP contribution in [0.1, 0.15) is 40.2 Å². The molecule has 0 spiro atoms. The maximum atomic E-state index is 12.9. The van der Waals surface area contributed by atoms with Crippen LogP contribution in [0.25, 0.3) is 0 Å². The summed E-state index contributed by atoms with van der Waals surface area (Å²) in [5.41, 5.74) is 2.94. The second-order valence-electron chi connectivity index (χ2n) is 6.67. The first kappa shape index (κ1) is 19.6. The van der Waals surface area contributed by atoms with E-state index in [4.69, 9.17) is 23.2 Å². The van der Waals surface area contributed by atoms with E-state index in [9.17, 15) is 9.59 Å². The van der Waals surface area contributed by atoms with E-state index in [1.807, 2.05) is 20.8 Å². The van der Waals surface area contributed by atoms with E-state index in [1.165, 1.54) is 12.4 Å². The standard InChI is InChI=1S/C18H21Cl2N5O2/c1-10(15-11(2)22-23-12(15)3)17(26)24-4-6-25(7-5-24)18(27)16-13(19)8-21-9-14(16)20/h8-10H,4-7H2,1-3H3,(H,22,23). The molecule has 1 N–H and O–H groups in total. The summed E-state index contributed by atoms with van der Waals surface area (Å²) in [7, 11) is 0. The van der Waals surface area contributed by atoms with Gasteiger partial charge in [0.25, 0.3) is 5.91 Å². The molecule has 1 aliphatic heterocycles. The normalized spacial score (nSPS) is 15.7. The minimum Gasteiger partial charge on any atom is -0.339 e. The van der Waals surface area contributed by atoms with Crippen LogP contribution < -0.4 is 0 Å². The molecule has 3 rings (SSSR count). The predicted molar refractivity (Wildman–Crippen MR) is 103 cm³/mol. The first-order chi connectivity index (χ1) is 12.8. The smallest absolute Gasteiger partial charge is 0.257 e. The molecule has 7 nitrogen and oxygen atoms in total. The van der Waals surface area contributed by atoms with Crippen LogP contribution in [0, 0.1) is 13.8 Å². The van der Waals surface area contributed by atoms with Gasteiger partial charge in [-0.05, 0) is 20.8 Å². The van der Waals surface area contributed by atoms with E-state index < -0.39 is 0 Å². The molecule has 2 amide bonds. The number of H-pyrrole nitrogens is 1. The Hall–Kier alpha value is -2.12. The number of halogens is 2. The third-order valence-corrected chi connectivity index (χ3v) is 5.51. The number of aromatic amines is 1. The number of aryl methyl sites for hydroxylation is 2. The molecule has 0 saturated carbocycles. The number of aromatic nitrogens is 3. The SMILES string of the molecule is Cc1n[nH]c(C)c1C(C)C(=O)N1CCN(C(=O)c2c(Cl)cncc2Cl)CC1. The fourth-order valence-corrected chi connectivity index (χ4v) is 4.02. The van der Waals surface area contributed by atoms with Gasteiger partial charge in [-0.2, -0.15) is 5.10 Å². The van der Waals surface area contributed by atoms with Gasteiger partial charge in [-0.1, -0.05) is 23.2 Å². The van der Waals surface area contributed by atoms with Gasteiger partial charge in [-0.25, -0.2) is 0 Å². The Morgan fingerprint density at radius 1 is 1.07 bits per heavy atom. The third kappa shape index (κ3) is 3.80. The summed E-state index contributed by atoms with van der Waals surface area (Å²) >= 11 is 12.2. The van der Waals surface area contributed by atoms with Gasteiger partial charge in [0.2, 0.25) is 5.91 Å². The molecule has 2 aromatic rings. The van der Waals surface area contributed by atoms with Crippen LogP contribution in [0.4, 0.5) is 0 Å². The van der Waals surface area contributed by atoms with Crippen LogP contribution in [0.3, 0.4) is 0 Å². The third-order valence-electron chi connectivity index (χ3n) is 4.93. The number of hydrogen-bond donors (Lipinski definition) is 1. The highest BCUT2D eigenvalue weighted by Gasteiger charge is 2.31. The average molecular weight is 410 g/mol. The van der Waals surface area contributed by atoms with E-state index in [1.54, 1.807) is 9.80 Å². The second-order valence-corrected chi connectivity index (χ2v) is 7.48. The molecule has 1 fully saturated rings. The molecule has 1 unspecified atom stereocenters. The van der Waals surface area contributed by atoms with Crippen LogP contribution in [-0.2, 0) is 4.79 Å². The number of pyridine rings is 1. The minimum atomic E-state index is -0.282. The van der Waals surface area contributed by atoms with Crippen LogP contribution in [-0.4, -0.2) is 63.0 Å². The Morgan fingerprint density at radius 3 is 2.15 bits per heavy atom. The van der Waals surface area contributed by atoms with Crippen LogP contribution in [0.5, 0.6) is 0 Å². The summed E-state index contributed by atoms with van der Waals surface area (Å²) in [4.78, 5) is 32.9. The lowest BCUT2D eigenvalue weighted by molar-refractivity contribution is -0.133. The predicted octanol–water partition coefficient (Wildman–Crippen LogP) is 2.82. The van der Waals surface area contributed by atoms with E-state index in [0.29, 0.717) is 26.2 Å². The molecule has 1 saturated heterocycles. The largest absolute Gasteiger partial charge is 0.339 e. The van der Waals surface area contributed by atoms with Crippen molar-refractivity contribution in [2.24, 2.45) is 0 Å². The average Bonchev–Trinajstić information content (AvgIpc) is 2.98. The van der Waals surface area contributed by atoms with Gasteiger partial charge >= 0.3 is 0 Å². The Labute approximate surface area is 167 Å². The van der Waals surface area contributed by atoms with E-state index in [2.05, 4.69) is 15.2 Å². The maximum absolute atomic E-state index is 12.9. The highest BCUT2D eigenvalue weighted by molar-refractivity contribution is 6.39. The fraction of sp³-hybridized carbons (Fsp3) is 0.444. The molecule has 0 aromatic carbocycles.